The molecule has 0 radical (unpaired) electrons. The first-order valence-electron chi connectivity index (χ1n) is 4.29. The third-order valence-corrected chi connectivity index (χ3v) is 1.50. The summed E-state index contributed by atoms with van der Waals surface area (Å²) >= 11 is 0. The molecule has 1 aliphatic heterocycles. The van der Waals surface area contributed by atoms with E-state index in [-0.39, 0.29) is 0 Å². The highest BCUT2D eigenvalue weighted by atomic mass is 19.5. The van der Waals surface area contributed by atoms with Crippen LogP contribution in [0.25, 0.3) is 0 Å². The topological polar surface area (TPSA) is 16.8 Å². The Kier molecular flexibility index (Phi) is 5.45. The molecule has 1 atom stereocenters. The van der Waals surface area contributed by atoms with Crippen LogP contribution >= 0.6 is 0 Å². The Morgan fingerprint density at radius 3 is 2.14 bits per heavy atom. The lowest BCUT2D eigenvalue weighted by molar-refractivity contribution is -0.719. The third-order valence-electron chi connectivity index (χ3n) is 1.50. The van der Waals surface area contributed by atoms with Crippen LogP contribution in [-0.2, 0) is 0 Å². The summed E-state index contributed by atoms with van der Waals surface area (Å²) in [6.07, 6.45) is 6.25. The van der Waals surface area contributed by atoms with Crippen LogP contribution in [0.5, 0.6) is 0 Å². The monoisotopic (exact) mass is 212 g/mol. The molecular weight excluding hydrogens is 199 g/mol. The van der Waals surface area contributed by atoms with Crippen molar-refractivity contribution in [3.05, 3.63) is 12.4 Å². The second-order valence-corrected chi connectivity index (χ2v) is 2.82. The maximum atomic E-state index is 9.75. The van der Waals surface area contributed by atoms with Gasteiger partial charge in [-0.15, -0.1) is 0 Å². The zero-order valence-electron chi connectivity index (χ0n) is 8.11. The highest BCUT2D eigenvalue weighted by Crippen LogP contribution is 2.06. The van der Waals surface area contributed by atoms with Crippen molar-refractivity contribution in [3.8, 4) is 0 Å². The molecule has 0 bridgehead atoms. The van der Waals surface area contributed by atoms with Gasteiger partial charge in [0.15, 0.2) is 0 Å². The van der Waals surface area contributed by atoms with Gasteiger partial charge in [-0.3, -0.25) is 4.90 Å². The van der Waals surface area contributed by atoms with E-state index in [1.807, 2.05) is 6.20 Å². The fourth-order valence-corrected chi connectivity index (χ4v) is 0.936. The molecule has 0 aromatic rings. The summed E-state index contributed by atoms with van der Waals surface area (Å²) in [5.41, 5.74) is 0. The quantitative estimate of drug-likeness (QED) is 0.527. The molecule has 2 nitrogen and oxygen atoms in total. The minimum absolute atomic E-state index is 1.12. The lowest BCUT2D eigenvalue weighted by Crippen LogP contribution is -3.06. The van der Waals surface area contributed by atoms with Crippen molar-refractivity contribution in [1.82, 2.24) is 0 Å². The summed E-state index contributed by atoms with van der Waals surface area (Å²) in [6, 6.07) is 0. The van der Waals surface area contributed by atoms with E-state index in [1.165, 1.54) is 17.2 Å². The Labute approximate surface area is 80.4 Å². The average molecular weight is 212 g/mol. The van der Waals surface area contributed by atoms with Crippen LogP contribution in [0.4, 0.5) is 17.3 Å². The normalized spacial score (nSPS) is 20.1. The molecule has 0 saturated heterocycles. The summed E-state index contributed by atoms with van der Waals surface area (Å²) in [4.78, 5) is 5.54. The number of aliphatic imine (C=N–C) groups is 1. The molecule has 1 rings (SSSR count). The van der Waals surface area contributed by atoms with E-state index < -0.39 is 7.25 Å². The second kappa shape index (κ2) is 5.80. The van der Waals surface area contributed by atoms with Gasteiger partial charge >= 0.3 is 7.25 Å². The van der Waals surface area contributed by atoms with Crippen LogP contribution in [0.1, 0.15) is 19.8 Å². The Balaban J connectivity index is 0.000000292. The molecule has 1 unspecified atom stereocenters. The molecule has 1 heterocycles. The van der Waals surface area contributed by atoms with Gasteiger partial charge in [0.05, 0.1) is 13.2 Å². The SMILES string of the molecule is CCCC1=NC=C[NH+]1C.F[B-](F)(F)F. The van der Waals surface area contributed by atoms with Gasteiger partial charge in [-0.2, -0.15) is 0 Å². The molecule has 7 heteroatoms. The summed E-state index contributed by atoms with van der Waals surface area (Å²) in [5.74, 6) is 1.26. The van der Waals surface area contributed by atoms with E-state index in [1.54, 1.807) is 0 Å². The van der Waals surface area contributed by atoms with Crippen molar-refractivity contribution >= 4 is 13.1 Å². The molecule has 0 spiro atoms. The predicted molar refractivity (Wildman–Crippen MR) is 48.6 cm³/mol. The highest BCUT2D eigenvalue weighted by Gasteiger charge is 2.20. The number of halogens is 4. The van der Waals surface area contributed by atoms with Crippen LogP contribution in [0.15, 0.2) is 17.4 Å². The number of nitrogens with zero attached hydrogens (tertiary/aromatic N) is 1. The standard InChI is InChI=1S/C7H12N2.BF4/c1-3-4-7-8-5-6-9(7)2;2-1(3,4)5/h5-6H,3-4H2,1-2H3;/q;-1/p+1. The smallest absolute Gasteiger partial charge is 0.418 e. The highest BCUT2D eigenvalue weighted by molar-refractivity contribution is 6.50. The first-order valence-corrected chi connectivity index (χ1v) is 4.29. The van der Waals surface area contributed by atoms with Gasteiger partial charge in [0.1, 0.15) is 6.20 Å². The number of hydrogen-bond donors (Lipinski definition) is 1. The van der Waals surface area contributed by atoms with Crippen molar-refractivity contribution < 1.29 is 22.2 Å². The zero-order chi connectivity index (χ0) is 11.2. The molecule has 0 amide bonds. The van der Waals surface area contributed by atoms with Crippen LogP contribution in [0.3, 0.4) is 0 Å². The van der Waals surface area contributed by atoms with Gasteiger partial charge in [-0.05, 0) is 6.42 Å². The Morgan fingerprint density at radius 2 is 1.86 bits per heavy atom. The van der Waals surface area contributed by atoms with Crippen molar-refractivity contribution in [3.63, 3.8) is 0 Å². The van der Waals surface area contributed by atoms with E-state index >= 15 is 0 Å². The van der Waals surface area contributed by atoms with Crippen molar-refractivity contribution in [2.45, 2.75) is 19.8 Å². The molecule has 14 heavy (non-hydrogen) atoms. The zero-order valence-corrected chi connectivity index (χ0v) is 8.11. The van der Waals surface area contributed by atoms with Gasteiger partial charge in [-0.25, -0.2) is 4.99 Å². The van der Waals surface area contributed by atoms with Gasteiger partial charge in [-0.1, -0.05) is 6.92 Å². The molecular formula is C7H13BF4N2. The Bertz CT molecular complexity index is 218. The number of quaternary nitrogens is 1. The molecule has 1 N–H and O–H groups in total. The lowest BCUT2D eigenvalue weighted by Gasteiger charge is -2.02. The summed E-state index contributed by atoms with van der Waals surface area (Å²) < 4.78 is 39.0. The maximum Gasteiger partial charge on any atom is 0.673 e. The minimum Gasteiger partial charge on any atom is -0.418 e. The van der Waals surface area contributed by atoms with E-state index in [9.17, 15) is 17.3 Å². The Hall–Kier alpha value is -0.845. The minimum atomic E-state index is -6.00. The van der Waals surface area contributed by atoms with E-state index in [2.05, 4.69) is 25.2 Å². The molecule has 0 fully saturated rings. The summed E-state index contributed by atoms with van der Waals surface area (Å²) in [6.45, 7) is 2.17. The molecule has 82 valence electrons. The van der Waals surface area contributed by atoms with Gasteiger partial charge < -0.3 is 17.3 Å². The predicted octanol–water partition coefficient (Wildman–Crippen LogP) is 1.48. The van der Waals surface area contributed by atoms with Crippen LogP contribution < -0.4 is 4.90 Å². The lowest BCUT2D eigenvalue weighted by atomic mass is 10.3. The molecule has 0 aliphatic carbocycles. The molecule has 0 aromatic carbocycles. The van der Waals surface area contributed by atoms with E-state index in [4.69, 9.17) is 0 Å². The number of nitrogens with one attached hydrogen (secondary N) is 1. The van der Waals surface area contributed by atoms with Crippen molar-refractivity contribution in [1.29, 1.82) is 0 Å². The van der Waals surface area contributed by atoms with Crippen LogP contribution in [0, 0.1) is 0 Å². The fourth-order valence-electron chi connectivity index (χ4n) is 0.936. The second-order valence-electron chi connectivity index (χ2n) is 2.82. The van der Waals surface area contributed by atoms with Crippen molar-refractivity contribution in [2.75, 3.05) is 7.05 Å². The number of hydrogen-bond acceptors (Lipinski definition) is 1. The fraction of sp³-hybridized carbons (Fsp3) is 0.571. The first-order chi connectivity index (χ1) is 6.34. The van der Waals surface area contributed by atoms with Gasteiger partial charge in [0.2, 0.25) is 5.84 Å². The summed E-state index contributed by atoms with van der Waals surface area (Å²) in [7, 11) is -3.89. The van der Waals surface area contributed by atoms with Crippen LogP contribution in [-0.4, -0.2) is 20.1 Å². The Morgan fingerprint density at radius 1 is 1.36 bits per heavy atom. The van der Waals surface area contributed by atoms with E-state index in [0.717, 1.165) is 6.42 Å². The van der Waals surface area contributed by atoms with Crippen molar-refractivity contribution in [2.24, 2.45) is 4.99 Å². The number of amidine groups is 1. The van der Waals surface area contributed by atoms with Crippen LogP contribution in [0.2, 0.25) is 0 Å². The van der Waals surface area contributed by atoms with E-state index in [0.29, 0.717) is 0 Å². The first kappa shape index (κ1) is 13.2. The maximum absolute atomic E-state index is 9.75. The molecule has 1 aliphatic rings. The molecule has 0 saturated carbocycles. The third kappa shape index (κ3) is 7.79. The summed E-state index contributed by atoms with van der Waals surface area (Å²) in [5, 5.41) is 0. The average Bonchev–Trinajstić information content (AvgIpc) is 2.34. The number of rotatable bonds is 2. The largest absolute Gasteiger partial charge is 0.673 e. The van der Waals surface area contributed by atoms with Gasteiger partial charge in [0, 0.05) is 6.42 Å². The van der Waals surface area contributed by atoms with Gasteiger partial charge in [0.25, 0.3) is 0 Å². The molecule has 0 aromatic heterocycles.